The van der Waals surface area contributed by atoms with Crippen molar-refractivity contribution in [3.63, 3.8) is 0 Å². The summed E-state index contributed by atoms with van der Waals surface area (Å²) in [6, 6.07) is 13.2. The molecule has 0 N–H and O–H groups in total. The fraction of sp³-hybridized carbons (Fsp3) is 0.429. The van der Waals surface area contributed by atoms with Crippen molar-refractivity contribution in [1.82, 2.24) is 4.57 Å². The Morgan fingerprint density at radius 2 is 1.85 bits per heavy atom. The quantitative estimate of drug-likeness (QED) is 0.846. The van der Waals surface area contributed by atoms with Crippen LogP contribution in [0.4, 0.5) is 10.1 Å². The molecule has 134 valence electrons. The molecule has 0 radical (unpaired) electrons. The number of aromatic nitrogens is 1. The minimum Gasteiger partial charge on any atom is -0.370 e. The van der Waals surface area contributed by atoms with Crippen molar-refractivity contribution >= 4 is 5.69 Å². The number of halogens is 1. The van der Waals surface area contributed by atoms with Crippen LogP contribution in [0.2, 0.25) is 0 Å². The van der Waals surface area contributed by atoms with Crippen LogP contribution in [0.3, 0.4) is 0 Å². The second-order valence-electron chi connectivity index (χ2n) is 7.41. The highest BCUT2D eigenvalue weighted by molar-refractivity contribution is 5.58. The predicted octanol–water partition coefficient (Wildman–Crippen LogP) is 3.60. The first-order valence-corrected chi connectivity index (χ1v) is 9.24. The third kappa shape index (κ3) is 3.12. The monoisotopic (exact) mass is 351 g/mol. The number of hydrogen-bond acceptors (Lipinski definition) is 3. The number of anilines is 1. The van der Waals surface area contributed by atoms with Gasteiger partial charge in [-0.25, -0.2) is 4.39 Å². The fourth-order valence-electron chi connectivity index (χ4n) is 3.78. The maximum Gasteiger partial charge on any atom is 0.270 e. The van der Waals surface area contributed by atoms with Gasteiger partial charge in [0.05, 0.1) is 5.69 Å². The Morgan fingerprint density at radius 3 is 2.46 bits per heavy atom. The summed E-state index contributed by atoms with van der Waals surface area (Å²) in [7, 11) is 0. The third-order valence-electron chi connectivity index (χ3n) is 5.59. The molecule has 0 spiro atoms. The van der Waals surface area contributed by atoms with E-state index in [0.717, 1.165) is 12.8 Å². The highest BCUT2D eigenvalue weighted by Gasteiger charge is 2.37. The molecule has 0 amide bonds. The molecule has 26 heavy (non-hydrogen) atoms. The van der Waals surface area contributed by atoms with Crippen LogP contribution in [0.15, 0.2) is 47.4 Å². The summed E-state index contributed by atoms with van der Waals surface area (Å²) in [5.41, 5.74) is -0.0400. The average molecular weight is 351 g/mol. The molecule has 1 saturated carbocycles. The van der Waals surface area contributed by atoms with Gasteiger partial charge in [-0.15, -0.1) is 0 Å². The van der Waals surface area contributed by atoms with Crippen molar-refractivity contribution in [2.24, 2.45) is 5.92 Å². The molecule has 1 aromatic heterocycles. The molecular weight excluding hydrogens is 329 g/mol. The molecule has 0 atom stereocenters. The minimum atomic E-state index is -1.34. The zero-order valence-electron chi connectivity index (χ0n) is 14.7. The minimum absolute atomic E-state index is 0.180. The molecule has 4 rings (SSSR count). The molecule has 4 nitrogen and oxygen atoms in total. The molecule has 1 aromatic carbocycles. The van der Waals surface area contributed by atoms with Gasteiger partial charge in [0, 0.05) is 38.7 Å². The largest absolute Gasteiger partial charge is 0.370 e. The number of rotatable bonds is 4. The number of nitriles is 1. The van der Waals surface area contributed by atoms with E-state index in [4.69, 9.17) is 0 Å². The number of pyridine rings is 1. The summed E-state index contributed by atoms with van der Waals surface area (Å²) in [5.74, 6) is 0.568. The van der Waals surface area contributed by atoms with E-state index in [0.29, 0.717) is 49.6 Å². The van der Waals surface area contributed by atoms with Gasteiger partial charge in [-0.2, -0.15) is 5.26 Å². The lowest BCUT2D eigenvalue weighted by molar-refractivity contribution is 0.125. The van der Waals surface area contributed by atoms with Crippen LogP contribution in [0.1, 0.15) is 36.8 Å². The SMILES string of the molecule is N#Cc1c(N2CCC(F)(c3ccccc3)CC2)ccn(CC2CC2)c1=O. The third-order valence-corrected chi connectivity index (χ3v) is 5.59. The molecule has 2 aromatic rings. The van der Waals surface area contributed by atoms with E-state index in [1.807, 2.05) is 41.3 Å². The Hall–Kier alpha value is -2.61. The first-order chi connectivity index (χ1) is 12.6. The Bertz CT molecular complexity index is 888. The Balaban J connectivity index is 1.55. The van der Waals surface area contributed by atoms with Crippen LogP contribution >= 0.6 is 0 Å². The highest BCUT2D eigenvalue weighted by atomic mass is 19.1. The summed E-state index contributed by atoms with van der Waals surface area (Å²) in [5, 5.41) is 9.52. The van der Waals surface area contributed by atoms with E-state index in [-0.39, 0.29) is 11.1 Å². The summed E-state index contributed by atoms with van der Waals surface area (Å²) >= 11 is 0. The van der Waals surface area contributed by atoms with Crippen LogP contribution in [0, 0.1) is 17.2 Å². The van der Waals surface area contributed by atoms with Gasteiger partial charge in [-0.05, 0) is 30.4 Å². The molecule has 1 saturated heterocycles. The van der Waals surface area contributed by atoms with Crippen LogP contribution in [0.5, 0.6) is 0 Å². The van der Waals surface area contributed by atoms with E-state index in [1.165, 1.54) is 0 Å². The van der Waals surface area contributed by atoms with Gasteiger partial charge >= 0.3 is 0 Å². The van der Waals surface area contributed by atoms with Gasteiger partial charge in [-0.1, -0.05) is 30.3 Å². The molecule has 1 aliphatic heterocycles. The van der Waals surface area contributed by atoms with Gasteiger partial charge in [-0.3, -0.25) is 4.79 Å². The van der Waals surface area contributed by atoms with Crippen molar-refractivity contribution in [2.45, 2.75) is 37.9 Å². The summed E-state index contributed by atoms with van der Waals surface area (Å²) in [4.78, 5) is 14.6. The van der Waals surface area contributed by atoms with Crippen LogP contribution < -0.4 is 10.5 Å². The van der Waals surface area contributed by atoms with Crippen LogP contribution in [-0.4, -0.2) is 17.7 Å². The Morgan fingerprint density at radius 1 is 1.15 bits per heavy atom. The van der Waals surface area contributed by atoms with E-state index >= 15 is 4.39 Å². The van der Waals surface area contributed by atoms with Crippen molar-refractivity contribution < 1.29 is 4.39 Å². The van der Waals surface area contributed by atoms with Crippen LogP contribution in [0.25, 0.3) is 0 Å². The number of benzene rings is 1. The second-order valence-corrected chi connectivity index (χ2v) is 7.41. The normalized spacial score (nSPS) is 19.2. The molecule has 0 unspecified atom stereocenters. The number of hydrogen-bond donors (Lipinski definition) is 0. The topological polar surface area (TPSA) is 49.0 Å². The molecule has 2 fully saturated rings. The lowest BCUT2D eigenvalue weighted by Crippen LogP contribution is -2.41. The lowest BCUT2D eigenvalue weighted by atomic mass is 9.86. The second kappa shape index (κ2) is 6.60. The predicted molar refractivity (Wildman–Crippen MR) is 98.8 cm³/mol. The summed E-state index contributed by atoms with van der Waals surface area (Å²) in [6.45, 7) is 1.67. The summed E-state index contributed by atoms with van der Waals surface area (Å²) in [6.07, 6.45) is 4.80. The molecule has 0 bridgehead atoms. The zero-order chi connectivity index (χ0) is 18.1. The molecule has 5 heteroatoms. The number of nitrogens with zero attached hydrogens (tertiary/aromatic N) is 3. The lowest BCUT2D eigenvalue weighted by Gasteiger charge is -2.38. The molecule has 1 aliphatic carbocycles. The van der Waals surface area contributed by atoms with Gasteiger partial charge in [0.2, 0.25) is 0 Å². The van der Waals surface area contributed by atoms with E-state index in [9.17, 15) is 10.1 Å². The zero-order valence-corrected chi connectivity index (χ0v) is 14.7. The highest BCUT2D eigenvalue weighted by Crippen LogP contribution is 2.38. The van der Waals surface area contributed by atoms with Gasteiger partial charge in [0.1, 0.15) is 17.3 Å². The molecule has 2 aliphatic rings. The molecule has 2 heterocycles. The first-order valence-electron chi connectivity index (χ1n) is 9.24. The fourth-order valence-corrected chi connectivity index (χ4v) is 3.78. The number of alkyl halides is 1. The van der Waals surface area contributed by atoms with Crippen molar-refractivity contribution in [3.8, 4) is 6.07 Å². The number of piperidine rings is 1. The maximum atomic E-state index is 15.3. The Labute approximate surface area is 152 Å². The van der Waals surface area contributed by atoms with E-state index < -0.39 is 5.67 Å². The standard InChI is InChI=1S/C21H22FN3O/c22-21(17-4-2-1-3-5-17)9-12-24(13-10-21)19-8-11-25(15-16-6-7-16)20(26)18(19)14-23/h1-5,8,11,16H,6-7,9-10,12-13,15H2. The summed E-state index contributed by atoms with van der Waals surface area (Å²) < 4.78 is 17.0. The average Bonchev–Trinajstić information content (AvgIpc) is 3.49. The first kappa shape index (κ1) is 16.8. The van der Waals surface area contributed by atoms with Crippen molar-refractivity contribution in [1.29, 1.82) is 5.26 Å². The van der Waals surface area contributed by atoms with Gasteiger partial charge in [0.25, 0.3) is 5.56 Å². The van der Waals surface area contributed by atoms with Gasteiger partial charge in [0.15, 0.2) is 0 Å². The molecular formula is C21H22FN3O. The van der Waals surface area contributed by atoms with E-state index in [1.54, 1.807) is 10.8 Å². The van der Waals surface area contributed by atoms with Gasteiger partial charge < -0.3 is 9.47 Å². The van der Waals surface area contributed by atoms with Crippen molar-refractivity contribution in [3.05, 3.63) is 64.1 Å². The smallest absolute Gasteiger partial charge is 0.270 e. The van der Waals surface area contributed by atoms with E-state index in [2.05, 4.69) is 6.07 Å². The van der Waals surface area contributed by atoms with Crippen LogP contribution in [-0.2, 0) is 12.2 Å². The van der Waals surface area contributed by atoms with Crippen molar-refractivity contribution in [2.75, 3.05) is 18.0 Å². The Kier molecular flexibility index (Phi) is 4.28. The maximum absolute atomic E-state index is 15.3.